The molecule has 0 heteroatoms. The lowest BCUT2D eigenvalue weighted by atomic mass is 9.83. The fourth-order valence-corrected chi connectivity index (χ4v) is 4.05. The molecule has 28 heavy (non-hydrogen) atoms. The Kier molecular flexibility index (Phi) is 5.99. The van der Waals surface area contributed by atoms with Crippen molar-refractivity contribution in [2.75, 3.05) is 0 Å². The molecule has 0 aliphatic heterocycles. The summed E-state index contributed by atoms with van der Waals surface area (Å²) in [7, 11) is 0. The fraction of sp³-hybridized carbons (Fsp3) is 0.143. The first-order chi connectivity index (χ1) is 13.9. The third kappa shape index (κ3) is 4.40. The third-order valence-corrected chi connectivity index (χ3v) is 5.48. The Hall–Kier alpha value is -3.12. The van der Waals surface area contributed by atoms with Crippen molar-refractivity contribution in [1.82, 2.24) is 0 Å². The Balaban J connectivity index is 1.66. The highest BCUT2D eigenvalue weighted by Gasteiger charge is 2.16. The van der Waals surface area contributed by atoms with Crippen LogP contribution in [0.4, 0.5) is 0 Å². The number of hydrogen-bond acceptors (Lipinski definition) is 0. The van der Waals surface area contributed by atoms with E-state index in [4.69, 9.17) is 0 Å². The van der Waals surface area contributed by atoms with Gasteiger partial charge < -0.3 is 0 Å². The van der Waals surface area contributed by atoms with Crippen LogP contribution in [-0.4, -0.2) is 0 Å². The van der Waals surface area contributed by atoms with Crippen molar-refractivity contribution in [1.29, 1.82) is 0 Å². The van der Waals surface area contributed by atoms with Crippen LogP contribution in [0.1, 0.15) is 41.9 Å². The molecule has 138 valence electrons. The van der Waals surface area contributed by atoms with Gasteiger partial charge in [0.1, 0.15) is 0 Å². The van der Waals surface area contributed by atoms with Crippen LogP contribution in [0, 0.1) is 0 Å². The molecule has 0 saturated carbocycles. The van der Waals surface area contributed by atoms with Crippen LogP contribution >= 0.6 is 0 Å². The molecule has 3 aromatic carbocycles. The van der Waals surface area contributed by atoms with E-state index in [1.54, 1.807) is 0 Å². The lowest BCUT2D eigenvalue weighted by Gasteiger charge is -2.21. The molecule has 0 atom stereocenters. The van der Waals surface area contributed by atoms with Crippen LogP contribution in [0.5, 0.6) is 0 Å². The van der Waals surface area contributed by atoms with Gasteiger partial charge >= 0.3 is 0 Å². The topological polar surface area (TPSA) is 0 Å². The van der Waals surface area contributed by atoms with Crippen LogP contribution in [0.25, 0.3) is 5.57 Å². The predicted octanol–water partition coefficient (Wildman–Crippen LogP) is 7.57. The summed E-state index contributed by atoms with van der Waals surface area (Å²) in [5.41, 5.74) is 7.04. The quantitative estimate of drug-likeness (QED) is 0.424. The van der Waals surface area contributed by atoms with Gasteiger partial charge in [-0.2, -0.15) is 0 Å². The number of hydrogen-bond donors (Lipinski definition) is 0. The lowest BCUT2D eigenvalue weighted by Crippen LogP contribution is -2.03. The van der Waals surface area contributed by atoms with Gasteiger partial charge in [0.2, 0.25) is 0 Å². The minimum atomic E-state index is 0.407. The molecule has 4 rings (SSSR count). The fourth-order valence-electron chi connectivity index (χ4n) is 4.05. The molecule has 0 spiro atoms. The minimum absolute atomic E-state index is 0.407. The van der Waals surface area contributed by atoms with Gasteiger partial charge in [-0.3, -0.25) is 0 Å². The highest BCUT2D eigenvalue weighted by atomic mass is 14.2. The average Bonchev–Trinajstić information content (AvgIpc) is 2.79. The zero-order valence-electron chi connectivity index (χ0n) is 16.2. The second-order valence-corrected chi connectivity index (χ2v) is 7.27. The SMILES string of the molecule is C1=CC/C(=C(/CCC(c2ccccc2)c2ccccc2)c2ccccc2)C=C1. The van der Waals surface area contributed by atoms with Crippen LogP contribution in [0.3, 0.4) is 0 Å². The van der Waals surface area contributed by atoms with Crippen LogP contribution in [-0.2, 0) is 0 Å². The summed E-state index contributed by atoms with van der Waals surface area (Å²) in [6.45, 7) is 0. The summed E-state index contributed by atoms with van der Waals surface area (Å²) in [5.74, 6) is 0.407. The summed E-state index contributed by atoms with van der Waals surface area (Å²) < 4.78 is 0. The second kappa shape index (κ2) is 9.19. The Morgan fingerprint density at radius 3 is 1.79 bits per heavy atom. The number of rotatable bonds is 6. The Labute approximate surface area is 168 Å². The van der Waals surface area contributed by atoms with Crippen molar-refractivity contribution in [3.8, 4) is 0 Å². The van der Waals surface area contributed by atoms with Crippen LogP contribution < -0.4 is 0 Å². The van der Waals surface area contributed by atoms with E-state index in [9.17, 15) is 0 Å². The number of benzene rings is 3. The van der Waals surface area contributed by atoms with E-state index >= 15 is 0 Å². The first-order valence-corrected chi connectivity index (χ1v) is 10.1. The molecule has 0 aromatic heterocycles. The molecule has 0 N–H and O–H groups in total. The molecule has 0 radical (unpaired) electrons. The van der Waals surface area contributed by atoms with E-state index in [1.165, 1.54) is 27.8 Å². The maximum Gasteiger partial charge on any atom is 0.00925 e. The smallest absolute Gasteiger partial charge is 0.00925 e. The summed E-state index contributed by atoms with van der Waals surface area (Å²) in [4.78, 5) is 0. The van der Waals surface area contributed by atoms with Gasteiger partial charge in [0.25, 0.3) is 0 Å². The van der Waals surface area contributed by atoms with Gasteiger partial charge in [-0.1, -0.05) is 115 Å². The van der Waals surface area contributed by atoms with Gasteiger partial charge in [0.05, 0.1) is 0 Å². The van der Waals surface area contributed by atoms with Gasteiger partial charge in [-0.15, -0.1) is 0 Å². The standard InChI is InChI=1S/C28H26/c1-5-13-23(14-6-1)27(24-15-7-2-8-16-24)21-22-28(25-17-9-3-10-18-25)26-19-11-4-12-20-26/h1-19,27H,20-22H2/b28-26-. The zero-order valence-corrected chi connectivity index (χ0v) is 16.2. The number of allylic oxidation sites excluding steroid dienone is 6. The monoisotopic (exact) mass is 362 g/mol. The van der Waals surface area contributed by atoms with E-state index in [0.717, 1.165) is 19.3 Å². The first kappa shape index (κ1) is 18.3. The van der Waals surface area contributed by atoms with Crippen molar-refractivity contribution < 1.29 is 0 Å². The normalized spacial score (nSPS) is 15.0. The maximum absolute atomic E-state index is 2.28. The summed E-state index contributed by atoms with van der Waals surface area (Å²) in [6.07, 6.45) is 12.0. The zero-order chi connectivity index (χ0) is 19.0. The molecule has 0 saturated heterocycles. The Bertz CT molecular complexity index is 921. The highest BCUT2D eigenvalue weighted by Crippen LogP contribution is 2.35. The molecule has 0 fully saturated rings. The first-order valence-electron chi connectivity index (χ1n) is 10.1. The molecule has 1 aliphatic carbocycles. The van der Waals surface area contributed by atoms with Crippen molar-refractivity contribution >= 4 is 5.57 Å². The van der Waals surface area contributed by atoms with Crippen molar-refractivity contribution in [3.05, 3.63) is 138 Å². The average molecular weight is 363 g/mol. The minimum Gasteiger partial charge on any atom is -0.0801 e. The molecule has 0 unspecified atom stereocenters. The Morgan fingerprint density at radius 1 is 0.679 bits per heavy atom. The van der Waals surface area contributed by atoms with Gasteiger partial charge in [-0.05, 0) is 47.1 Å². The molecule has 0 amide bonds. The summed E-state index contributed by atoms with van der Waals surface area (Å²) in [6, 6.07) is 32.7. The summed E-state index contributed by atoms with van der Waals surface area (Å²) >= 11 is 0. The van der Waals surface area contributed by atoms with E-state index in [-0.39, 0.29) is 0 Å². The molecule has 1 aliphatic rings. The van der Waals surface area contributed by atoms with Crippen molar-refractivity contribution in [2.45, 2.75) is 25.2 Å². The predicted molar refractivity (Wildman–Crippen MR) is 120 cm³/mol. The molecule has 3 aromatic rings. The molecule has 0 bridgehead atoms. The van der Waals surface area contributed by atoms with E-state index in [2.05, 4.69) is 115 Å². The maximum atomic E-state index is 2.28. The lowest BCUT2D eigenvalue weighted by molar-refractivity contribution is 0.733. The van der Waals surface area contributed by atoms with E-state index < -0.39 is 0 Å². The Morgan fingerprint density at radius 2 is 1.25 bits per heavy atom. The van der Waals surface area contributed by atoms with Crippen LogP contribution in [0.15, 0.2) is 121 Å². The van der Waals surface area contributed by atoms with Crippen LogP contribution in [0.2, 0.25) is 0 Å². The van der Waals surface area contributed by atoms with Gasteiger partial charge in [0.15, 0.2) is 0 Å². The third-order valence-electron chi connectivity index (χ3n) is 5.48. The molecular weight excluding hydrogens is 336 g/mol. The second-order valence-electron chi connectivity index (χ2n) is 7.27. The molecule has 0 heterocycles. The largest absolute Gasteiger partial charge is 0.0801 e. The van der Waals surface area contributed by atoms with Gasteiger partial charge in [-0.25, -0.2) is 0 Å². The van der Waals surface area contributed by atoms with Crippen molar-refractivity contribution in [3.63, 3.8) is 0 Å². The highest BCUT2D eigenvalue weighted by molar-refractivity contribution is 5.72. The summed E-state index contributed by atoms with van der Waals surface area (Å²) in [5, 5.41) is 0. The molecular formula is C28H26. The van der Waals surface area contributed by atoms with Crippen molar-refractivity contribution in [2.24, 2.45) is 0 Å². The van der Waals surface area contributed by atoms with E-state index in [1.807, 2.05) is 0 Å². The van der Waals surface area contributed by atoms with E-state index in [0.29, 0.717) is 5.92 Å². The van der Waals surface area contributed by atoms with Gasteiger partial charge in [0, 0.05) is 5.92 Å². The molecule has 0 nitrogen and oxygen atoms in total.